The number of nitrogens with zero attached hydrogens (tertiary/aromatic N) is 1. The van der Waals surface area contributed by atoms with E-state index in [0.717, 1.165) is 34.6 Å². The molecule has 0 saturated heterocycles. The van der Waals surface area contributed by atoms with E-state index in [2.05, 4.69) is 11.1 Å². The van der Waals surface area contributed by atoms with Gasteiger partial charge in [0.1, 0.15) is 0 Å². The highest BCUT2D eigenvalue weighted by Gasteiger charge is 2.48. The fourth-order valence-corrected chi connectivity index (χ4v) is 6.04. The molecule has 1 aromatic rings. The fourth-order valence-electron chi connectivity index (χ4n) is 4.67. The van der Waals surface area contributed by atoms with Gasteiger partial charge in [-0.3, -0.25) is 0 Å². The predicted octanol–water partition coefficient (Wildman–Crippen LogP) is 3.58. The summed E-state index contributed by atoms with van der Waals surface area (Å²) in [7, 11) is 0. The van der Waals surface area contributed by atoms with Crippen LogP contribution in [0.25, 0.3) is 0 Å². The molecule has 4 aliphatic rings. The van der Waals surface area contributed by atoms with E-state index < -0.39 is 0 Å². The van der Waals surface area contributed by atoms with Crippen molar-refractivity contribution in [3.63, 3.8) is 0 Å². The molecular weight excluding hydrogens is 240 g/mol. The smallest absolute Gasteiger partial charge is 0.0964 e. The SMILES string of the molecule is Nc1ccc(SC2C3CC4CC(C3)CC2C4)nc1. The highest BCUT2D eigenvalue weighted by atomic mass is 32.2. The number of hydrogen-bond donors (Lipinski definition) is 1. The minimum absolute atomic E-state index is 0.768. The number of hydrogen-bond acceptors (Lipinski definition) is 3. The van der Waals surface area contributed by atoms with E-state index in [0.29, 0.717) is 0 Å². The largest absolute Gasteiger partial charge is 0.397 e. The van der Waals surface area contributed by atoms with E-state index in [4.69, 9.17) is 5.73 Å². The summed E-state index contributed by atoms with van der Waals surface area (Å²) >= 11 is 2.02. The highest BCUT2D eigenvalue weighted by Crippen LogP contribution is 2.57. The summed E-state index contributed by atoms with van der Waals surface area (Å²) in [6, 6.07) is 4.07. The van der Waals surface area contributed by atoms with Gasteiger partial charge in [0.05, 0.1) is 16.9 Å². The molecule has 0 atom stereocenters. The summed E-state index contributed by atoms with van der Waals surface area (Å²) in [5.74, 6) is 4.05. The summed E-state index contributed by atoms with van der Waals surface area (Å²) in [5.41, 5.74) is 6.47. The summed E-state index contributed by atoms with van der Waals surface area (Å²) in [5, 5.41) is 2.00. The van der Waals surface area contributed by atoms with E-state index in [1.807, 2.05) is 17.8 Å². The van der Waals surface area contributed by atoms with Crippen molar-refractivity contribution in [1.29, 1.82) is 0 Å². The van der Waals surface area contributed by atoms with Crippen LogP contribution in [0.15, 0.2) is 23.4 Å². The lowest BCUT2D eigenvalue weighted by Gasteiger charge is -2.54. The van der Waals surface area contributed by atoms with Gasteiger partial charge < -0.3 is 5.73 Å². The van der Waals surface area contributed by atoms with Crippen LogP contribution in [-0.2, 0) is 0 Å². The molecule has 2 N–H and O–H groups in total. The van der Waals surface area contributed by atoms with Crippen molar-refractivity contribution in [2.75, 3.05) is 5.73 Å². The van der Waals surface area contributed by atoms with Crippen LogP contribution >= 0.6 is 11.8 Å². The molecule has 0 unspecified atom stereocenters. The molecule has 2 nitrogen and oxygen atoms in total. The number of rotatable bonds is 2. The van der Waals surface area contributed by atoms with E-state index in [-0.39, 0.29) is 0 Å². The predicted molar refractivity (Wildman–Crippen MR) is 75.3 cm³/mol. The van der Waals surface area contributed by atoms with Crippen molar-refractivity contribution in [3.05, 3.63) is 18.3 Å². The zero-order valence-corrected chi connectivity index (χ0v) is 11.4. The van der Waals surface area contributed by atoms with Crippen molar-refractivity contribution in [3.8, 4) is 0 Å². The third-order valence-electron chi connectivity index (χ3n) is 5.16. The van der Waals surface area contributed by atoms with Gasteiger partial charge in [0.15, 0.2) is 0 Å². The minimum Gasteiger partial charge on any atom is -0.397 e. The topological polar surface area (TPSA) is 38.9 Å². The molecule has 18 heavy (non-hydrogen) atoms. The minimum atomic E-state index is 0.768. The van der Waals surface area contributed by atoms with Crippen molar-refractivity contribution in [2.24, 2.45) is 23.7 Å². The van der Waals surface area contributed by atoms with E-state index in [1.165, 1.54) is 37.1 Å². The number of nitrogen functional groups attached to an aromatic ring is 1. The fraction of sp³-hybridized carbons (Fsp3) is 0.667. The second-order valence-corrected chi connectivity index (χ2v) is 7.64. The van der Waals surface area contributed by atoms with Gasteiger partial charge in [0.2, 0.25) is 0 Å². The second kappa shape index (κ2) is 4.16. The number of aromatic nitrogens is 1. The van der Waals surface area contributed by atoms with Crippen LogP contribution in [0, 0.1) is 23.7 Å². The van der Waals surface area contributed by atoms with Crippen molar-refractivity contribution < 1.29 is 0 Å². The first-order valence-electron chi connectivity index (χ1n) is 7.16. The molecule has 4 saturated carbocycles. The summed E-state index contributed by atoms with van der Waals surface area (Å²) in [6.45, 7) is 0. The molecule has 1 aromatic heterocycles. The maximum absolute atomic E-state index is 5.70. The molecular formula is C15H20N2S. The maximum Gasteiger partial charge on any atom is 0.0964 e. The van der Waals surface area contributed by atoms with Crippen molar-refractivity contribution in [1.82, 2.24) is 4.98 Å². The molecule has 96 valence electrons. The Hall–Kier alpha value is -0.700. The number of anilines is 1. The van der Waals surface area contributed by atoms with Crippen molar-refractivity contribution >= 4 is 17.4 Å². The van der Waals surface area contributed by atoms with Gasteiger partial charge in [-0.1, -0.05) is 0 Å². The molecule has 5 rings (SSSR count). The molecule has 0 spiro atoms. The monoisotopic (exact) mass is 260 g/mol. The lowest BCUT2D eigenvalue weighted by molar-refractivity contribution is 0.0267. The van der Waals surface area contributed by atoms with Gasteiger partial charge in [-0.15, -0.1) is 11.8 Å². The molecule has 4 fully saturated rings. The van der Waals surface area contributed by atoms with Crippen LogP contribution < -0.4 is 5.73 Å². The van der Waals surface area contributed by atoms with Gasteiger partial charge in [-0.05, 0) is 67.9 Å². The molecule has 4 aliphatic carbocycles. The first-order chi connectivity index (χ1) is 8.78. The first-order valence-corrected chi connectivity index (χ1v) is 8.04. The molecule has 0 radical (unpaired) electrons. The molecule has 1 heterocycles. The third-order valence-corrected chi connectivity index (χ3v) is 6.68. The molecule has 0 amide bonds. The number of pyridine rings is 1. The Balaban J connectivity index is 1.53. The van der Waals surface area contributed by atoms with E-state index in [1.54, 1.807) is 6.20 Å². The van der Waals surface area contributed by atoms with E-state index >= 15 is 0 Å². The third kappa shape index (κ3) is 1.83. The average molecular weight is 260 g/mol. The normalized spacial score (nSPS) is 41.2. The highest BCUT2D eigenvalue weighted by molar-refractivity contribution is 7.99. The molecule has 0 aromatic carbocycles. The average Bonchev–Trinajstić information content (AvgIpc) is 2.35. The number of nitrogens with two attached hydrogens (primary N) is 1. The lowest BCUT2D eigenvalue weighted by atomic mass is 9.56. The first kappa shape index (κ1) is 11.2. The summed E-state index contributed by atoms with van der Waals surface area (Å²) < 4.78 is 0. The zero-order chi connectivity index (χ0) is 12.1. The van der Waals surface area contributed by atoms with Crippen LogP contribution in [0.1, 0.15) is 32.1 Å². The summed E-state index contributed by atoms with van der Waals surface area (Å²) in [6.07, 6.45) is 9.27. The Morgan fingerprint density at radius 1 is 1.00 bits per heavy atom. The Bertz CT molecular complexity index is 414. The van der Waals surface area contributed by atoms with Gasteiger partial charge in [-0.25, -0.2) is 4.98 Å². The Kier molecular flexibility index (Phi) is 2.58. The quantitative estimate of drug-likeness (QED) is 0.883. The molecule has 4 bridgehead atoms. The van der Waals surface area contributed by atoms with E-state index in [9.17, 15) is 0 Å². The van der Waals surface area contributed by atoms with Crippen LogP contribution in [0.4, 0.5) is 5.69 Å². The zero-order valence-electron chi connectivity index (χ0n) is 10.6. The van der Waals surface area contributed by atoms with Gasteiger partial charge in [0, 0.05) is 5.25 Å². The van der Waals surface area contributed by atoms with Gasteiger partial charge in [-0.2, -0.15) is 0 Å². The second-order valence-electron chi connectivity index (χ2n) is 6.44. The van der Waals surface area contributed by atoms with Crippen LogP contribution in [0.5, 0.6) is 0 Å². The lowest BCUT2D eigenvalue weighted by Crippen LogP contribution is -2.46. The Morgan fingerprint density at radius 3 is 2.22 bits per heavy atom. The summed E-state index contributed by atoms with van der Waals surface area (Å²) in [4.78, 5) is 4.47. The molecule has 3 heteroatoms. The van der Waals surface area contributed by atoms with Crippen LogP contribution in [0.3, 0.4) is 0 Å². The van der Waals surface area contributed by atoms with Gasteiger partial charge in [0.25, 0.3) is 0 Å². The van der Waals surface area contributed by atoms with Crippen LogP contribution in [0.2, 0.25) is 0 Å². The van der Waals surface area contributed by atoms with Crippen LogP contribution in [-0.4, -0.2) is 10.2 Å². The van der Waals surface area contributed by atoms with Crippen molar-refractivity contribution in [2.45, 2.75) is 42.4 Å². The maximum atomic E-state index is 5.70. The Morgan fingerprint density at radius 2 is 1.67 bits per heavy atom. The van der Waals surface area contributed by atoms with Gasteiger partial charge >= 0.3 is 0 Å². The Labute approximate surface area is 113 Å². The standard InChI is InChI=1S/C15H20N2S/c16-13-1-2-14(17-8-13)18-15-11-4-9-3-10(6-11)7-12(15)5-9/h1-2,8-12,15H,3-7,16H2. The molecule has 0 aliphatic heterocycles. The number of thioether (sulfide) groups is 1.